The van der Waals surface area contributed by atoms with Crippen LogP contribution in [0.2, 0.25) is 0 Å². The highest BCUT2D eigenvalue weighted by atomic mass is 16.5. The van der Waals surface area contributed by atoms with Gasteiger partial charge in [0.1, 0.15) is 25.8 Å². The van der Waals surface area contributed by atoms with Crippen molar-refractivity contribution in [1.82, 2.24) is 16.0 Å². The highest BCUT2D eigenvalue weighted by Crippen LogP contribution is 2.07. The fraction of sp³-hybridized carbons (Fsp3) is 0.333. The molecule has 2 rings (SSSR count). The van der Waals surface area contributed by atoms with E-state index in [0.29, 0.717) is 0 Å². The first-order valence-electron chi connectivity index (χ1n) is 10.6. The predicted molar refractivity (Wildman–Crippen MR) is 121 cm³/mol. The van der Waals surface area contributed by atoms with Gasteiger partial charge in [0.15, 0.2) is 0 Å². The van der Waals surface area contributed by atoms with Gasteiger partial charge in [-0.2, -0.15) is 0 Å². The lowest BCUT2D eigenvalue weighted by atomic mass is 10.0. The molecule has 0 saturated heterocycles. The molecule has 0 spiro atoms. The second kappa shape index (κ2) is 13.5. The second-order valence-corrected chi connectivity index (χ2v) is 7.57. The molecule has 0 aliphatic carbocycles. The molecule has 0 saturated carbocycles. The number of carbonyl (C=O) groups is 4. The molecule has 0 heterocycles. The molecule has 1 atom stereocenters. The SMILES string of the molecule is CC(C)[C@H](NC(=O)CNC(=O)CNC(=O)OCc1ccccc1)C(=O)OCc1ccccc1. The third-order valence-electron chi connectivity index (χ3n) is 4.51. The Morgan fingerprint density at radius 1 is 0.727 bits per heavy atom. The average molecular weight is 456 g/mol. The van der Waals surface area contributed by atoms with E-state index in [4.69, 9.17) is 9.47 Å². The highest BCUT2D eigenvalue weighted by molar-refractivity contribution is 5.89. The lowest BCUT2D eigenvalue weighted by Gasteiger charge is -2.21. The van der Waals surface area contributed by atoms with Gasteiger partial charge in [0.05, 0.1) is 6.54 Å². The van der Waals surface area contributed by atoms with Crippen LogP contribution < -0.4 is 16.0 Å². The molecule has 0 bridgehead atoms. The molecule has 0 aromatic heterocycles. The van der Waals surface area contributed by atoms with Crippen molar-refractivity contribution in [2.75, 3.05) is 13.1 Å². The first kappa shape index (κ1) is 25.4. The van der Waals surface area contributed by atoms with E-state index in [2.05, 4.69) is 16.0 Å². The monoisotopic (exact) mass is 455 g/mol. The number of amides is 3. The Morgan fingerprint density at radius 2 is 1.24 bits per heavy atom. The van der Waals surface area contributed by atoms with Crippen molar-refractivity contribution in [3.05, 3.63) is 71.8 Å². The van der Waals surface area contributed by atoms with Crippen molar-refractivity contribution in [2.45, 2.75) is 33.1 Å². The van der Waals surface area contributed by atoms with E-state index in [0.717, 1.165) is 11.1 Å². The van der Waals surface area contributed by atoms with Crippen LogP contribution in [0.25, 0.3) is 0 Å². The molecule has 9 nitrogen and oxygen atoms in total. The van der Waals surface area contributed by atoms with Crippen molar-refractivity contribution in [1.29, 1.82) is 0 Å². The Hall–Kier alpha value is -3.88. The van der Waals surface area contributed by atoms with Crippen LogP contribution >= 0.6 is 0 Å². The third-order valence-corrected chi connectivity index (χ3v) is 4.51. The van der Waals surface area contributed by atoms with Crippen LogP contribution in [0, 0.1) is 5.92 Å². The number of alkyl carbamates (subject to hydrolysis) is 1. The van der Waals surface area contributed by atoms with Crippen molar-refractivity contribution in [2.24, 2.45) is 5.92 Å². The molecule has 0 unspecified atom stereocenters. The van der Waals surface area contributed by atoms with E-state index in [1.165, 1.54) is 0 Å². The topological polar surface area (TPSA) is 123 Å². The fourth-order valence-electron chi connectivity index (χ4n) is 2.71. The standard InChI is InChI=1S/C24H29N3O6/c1-17(2)22(23(30)32-15-18-9-5-3-6-10-18)27-21(29)14-25-20(28)13-26-24(31)33-16-19-11-7-4-8-12-19/h3-12,17,22H,13-16H2,1-2H3,(H,25,28)(H,26,31)(H,27,29)/t22-/m0/s1. The molecule has 9 heteroatoms. The molecule has 0 radical (unpaired) electrons. The van der Waals surface area contributed by atoms with Crippen molar-refractivity contribution in [3.8, 4) is 0 Å². The van der Waals surface area contributed by atoms with Gasteiger partial charge in [-0.3, -0.25) is 9.59 Å². The number of hydrogen-bond donors (Lipinski definition) is 3. The van der Waals surface area contributed by atoms with E-state index in [1.807, 2.05) is 48.5 Å². The van der Waals surface area contributed by atoms with E-state index >= 15 is 0 Å². The van der Waals surface area contributed by atoms with Crippen molar-refractivity contribution >= 4 is 23.9 Å². The number of esters is 1. The second-order valence-electron chi connectivity index (χ2n) is 7.57. The molecule has 3 N–H and O–H groups in total. The highest BCUT2D eigenvalue weighted by Gasteiger charge is 2.25. The van der Waals surface area contributed by atoms with Crippen molar-refractivity contribution < 1.29 is 28.7 Å². The van der Waals surface area contributed by atoms with Crippen LogP contribution in [-0.2, 0) is 37.1 Å². The summed E-state index contributed by atoms with van der Waals surface area (Å²) < 4.78 is 10.3. The predicted octanol–water partition coefficient (Wildman–Crippen LogP) is 1.91. The molecule has 3 amide bonds. The lowest BCUT2D eigenvalue weighted by molar-refractivity contribution is -0.150. The van der Waals surface area contributed by atoms with Gasteiger partial charge in [-0.1, -0.05) is 74.5 Å². The Balaban J connectivity index is 1.68. The van der Waals surface area contributed by atoms with Crippen LogP contribution in [0.4, 0.5) is 4.79 Å². The first-order valence-corrected chi connectivity index (χ1v) is 10.6. The van der Waals surface area contributed by atoms with Crippen LogP contribution in [0.5, 0.6) is 0 Å². The average Bonchev–Trinajstić information content (AvgIpc) is 2.83. The minimum absolute atomic E-state index is 0.0770. The van der Waals surface area contributed by atoms with E-state index in [9.17, 15) is 19.2 Å². The van der Waals surface area contributed by atoms with Gasteiger partial charge in [-0.25, -0.2) is 9.59 Å². The molecule has 0 aliphatic rings. The zero-order valence-electron chi connectivity index (χ0n) is 18.7. The summed E-state index contributed by atoms with van der Waals surface area (Å²) in [5.41, 5.74) is 1.65. The number of hydrogen-bond acceptors (Lipinski definition) is 6. The van der Waals surface area contributed by atoms with Gasteiger partial charge in [0.25, 0.3) is 0 Å². The zero-order chi connectivity index (χ0) is 24.1. The summed E-state index contributed by atoms with van der Waals surface area (Å²) >= 11 is 0. The summed E-state index contributed by atoms with van der Waals surface area (Å²) in [5.74, 6) is -1.90. The van der Waals surface area contributed by atoms with Gasteiger partial charge >= 0.3 is 12.1 Å². The summed E-state index contributed by atoms with van der Waals surface area (Å²) in [6.45, 7) is 3.02. The van der Waals surface area contributed by atoms with Crippen molar-refractivity contribution in [3.63, 3.8) is 0 Å². The molecule has 176 valence electrons. The summed E-state index contributed by atoms with van der Waals surface area (Å²) in [6, 6.07) is 17.4. The van der Waals surface area contributed by atoms with Crippen LogP contribution in [0.1, 0.15) is 25.0 Å². The Labute approximate surface area is 192 Å². The largest absolute Gasteiger partial charge is 0.459 e. The number of carbonyl (C=O) groups excluding carboxylic acids is 4. The van der Waals surface area contributed by atoms with Crippen LogP contribution in [0.3, 0.4) is 0 Å². The maximum absolute atomic E-state index is 12.4. The van der Waals surface area contributed by atoms with Crippen LogP contribution in [0.15, 0.2) is 60.7 Å². The Morgan fingerprint density at radius 3 is 1.79 bits per heavy atom. The Kier molecular flexibility index (Phi) is 10.4. The quantitative estimate of drug-likeness (QED) is 0.445. The molecule has 2 aromatic rings. The van der Waals surface area contributed by atoms with E-state index in [1.54, 1.807) is 26.0 Å². The van der Waals surface area contributed by atoms with E-state index in [-0.39, 0.29) is 32.2 Å². The maximum Gasteiger partial charge on any atom is 0.407 e. The Bertz CT molecular complexity index is 918. The first-order chi connectivity index (χ1) is 15.8. The van der Waals surface area contributed by atoms with Crippen LogP contribution in [-0.4, -0.2) is 43.0 Å². The van der Waals surface area contributed by atoms with Gasteiger partial charge in [-0.15, -0.1) is 0 Å². The summed E-state index contributed by atoms with van der Waals surface area (Å²) in [5, 5.41) is 7.26. The lowest BCUT2D eigenvalue weighted by Crippen LogP contribution is -2.49. The molecule has 33 heavy (non-hydrogen) atoms. The summed E-state index contributed by atoms with van der Waals surface area (Å²) in [6.07, 6.45) is -0.750. The maximum atomic E-state index is 12.4. The number of ether oxygens (including phenoxy) is 2. The molecule has 0 fully saturated rings. The van der Waals surface area contributed by atoms with Gasteiger partial charge < -0.3 is 25.4 Å². The summed E-state index contributed by atoms with van der Waals surface area (Å²) in [4.78, 5) is 48.1. The molecular formula is C24H29N3O6. The molecular weight excluding hydrogens is 426 g/mol. The number of benzene rings is 2. The minimum Gasteiger partial charge on any atom is -0.459 e. The molecule has 0 aliphatic heterocycles. The zero-order valence-corrected chi connectivity index (χ0v) is 18.7. The third kappa shape index (κ3) is 9.86. The van der Waals surface area contributed by atoms with E-state index < -0.39 is 29.9 Å². The van der Waals surface area contributed by atoms with Gasteiger partial charge in [0.2, 0.25) is 11.8 Å². The molecule has 2 aromatic carbocycles. The number of nitrogens with one attached hydrogen (secondary N) is 3. The summed E-state index contributed by atoms with van der Waals surface area (Å²) in [7, 11) is 0. The minimum atomic E-state index is -0.857. The number of rotatable bonds is 11. The fourth-order valence-corrected chi connectivity index (χ4v) is 2.71. The van der Waals surface area contributed by atoms with Gasteiger partial charge in [-0.05, 0) is 17.0 Å². The smallest absolute Gasteiger partial charge is 0.407 e. The van der Waals surface area contributed by atoms with Gasteiger partial charge in [0, 0.05) is 0 Å². The normalized spacial score (nSPS) is 11.2.